The van der Waals surface area contributed by atoms with E-state index in [1.807, 2.05) is 7.05 Å². The number of nitrogens with two attached hydrogens (primary N) is 1. The maximum absolute atomic E-state index is 6.39. The Morgan fingerprint density at radius 2 is 1.71 bits per heavy atom. The van der Waals surface area contributed by atoms with Crippen LogP contribution in [-0.4, -0.2) is 12.6 Å². The molecule has 1 atom stereocenters. The van der Waals surface area contributed by atoms with Crippen molar-refractivity contribution >= 4 is 10.8 Å². The van der Waals surface area contributed by atoms with Gasteiger partial charge in [-0.3, -0.25) is 0 Å². The first kappa shape index (κ1) is 12.1. The summed E-state index contributed by atoms with van der Waals surface area (Å²) in [4.78, 5) is 0. The average Bonchev–Trinajstić information content (AvgIpc) is 2.37. The summed E-state index contributed by atoms with van der Waals surface area (Å²) >= 11 is 0. The minimum absolute atomic E-state index is 0.0291. The zero-order valence-corrected chi connectivity index (χ0v) is 10.7. The van der Waals surface area contributed by atoms with Crippen molar-refractivity contribution in [3.8, 4) is 0 Å². The molecule has 0 aliphatic heterocycles. The van der Waals surface area contributed by atoms with Crippen LogP contribution in [0.25, 0.3) is 10.8 Å². The van der Waals surface area contributed by atoms with E-state index >= 15 is 0 Å². The second-order valence-electron chi connectivity index (χ2n) is 5.02. The van der Waals surface area contributed by atoms with Crippen LogP contribution in [0.4, 0.5) is 0 Å². The Labute approximate surface area is 103 Å². The fraction of sp³-hybridized carbons (Fsp3) is 0.333. The van der Waals surface area contributed by atoms with E-state index < -0.39 is 0 Å². The van der Waals surface area contributed by atoms with Crippen LogP contribution in [0.15, 0.2) is 42.5 Å². The van der Waals surface area contributed by atoms with Crippen LogP contribution in [0.3, 0.4) is 0 Å². The molecule has 0 aliphatic rings. The van der Waals surface area contributed by atoms with E-state index in [0.29, 0.717) is 0 Å². The summed E-state index contributed by atoms with van der Waals surface area (Å²) in [7, 11) is 1.95. The Hall–Kier alpha value is -1.38. The highest BCUT2D eigenvalue weighted by Crippen LogP contribution is 2.29. The van der Waals surface area contributed by atoms with Crippen LogP contribution in [0.5, 0.6) is 0 Å². The van der Waals surface area contributed by atoms with Crippen LogP contribution in [-0.2, 0) is 0 Å². The van der Waals surface area contributed by atoms with E-state index in [1.54, 1.807) is 0 Å². The standard InChI is InChI=1S/C15H20N2/c1-15(2,17-3)14(16)13-10-6-8-11-7-4-5-9-12(11)13/h4-10,14,17H,16H2,1-3H3. The van der Waals surface area contributed by atoms with Gasteiger partial charge in [0.25, 0.3) is 0 Å². The van der Waals surface area contributed by atoms with Gasteiger partial charge in [-0.2, -0.15) is 0 Å². The lowest BCUT2D eigenvalue weighted by Crippen LogP contribution is -2.46. The Balaban J connectivity index is 2.56. The summed E-state index contributed by atoms with van der Waals surface area (Å²) in [6.07, 6.45) is 0. The largest absolute Gasteiger partial charge is 0.322 e. The molecule has 0 fully saturated rings. The number of rotatable bonds is 3. The Morgan fingerprint density at radius 1 is 1.06 bits per heavy atom. The predicted molar refractivity (Wildman–Crippen MR) is 74.0 cm³/mol. The van der Waals surface area contributed by atoms with E-state index in [0.717, 1.165) is 0 Å². The fourth-order valence-electron chi connectivity index (χ4n) is 2.07. The van der Waals surface area contributed by atoms with E-state index in [9.17, 15) is 0 Å². The molecule has 17 heavy (non-hydrogen) atoms. The van der Waals surface area contributed by atoms with Crippen LogP contribution in [0.1, 0.15) is 25.5 Å². The lowest BCUT2D eigenvalue weighted by atomic mass is 9.87. The molecule has 2 nitrogen and oxygen atoms in total. The van der Waals surface area contributed by atoms with Crippen molar-refractivity contribution in [2.24, 2.45) is 5.73 Å². The van der Waals surface area contributed by atoms with Crippen LogP contribution >= 0.6 is 0 Å². The highest BCUT2D eigenvalue weighted by Gasteiger charge is 2.26. The van der Waals surface area contributed by atoms with Crippen molar-refractivity contribution in [3.05, 3.63) is 48.0 Å². The monoisotopic (exact) mass is 228 g/mol. The van der Waals surface area contributed by atoms with Crippen molar-refractivity contribution in [1.29, 1.82) is 0 Å². The van der Waals surface area contributed by atoms with Gasteiger partial charge in [0.05, 0.1) is 0 Å². The quantitative estimate of drug-likeness (QED) is 0.847. The summed E-state index contributed by atoms with van der Waals surface area (Å²) in [5.74, 6) is 0. The first-order valence-electron chi connectivity index (χ1n) is 5.98. The maximum Gasteiger partial charge on any atom is 0.0480 e. The second kappa shape index (κ2) is 4.47. The Bertz CT molecular complexity index is 512. The molecule has 0 amide bonds. The normalized spacial score (nSPS) is 13.9. The lowest BCUT2D eigenvalue weighted by Gasteiger charge is -2.32. The second-order valence-corrected chi connectivity index (χ2v) is 5.02. The Morgan fingerprint density at radius 3 is 2.41 bits per heavy atom. The molecule has 2 aromatic rings. The predicted octanol–water partition coefficient (Wildman–Crippen LogP) is 2.84. The van der Waals surface area contributed by atoms with E-state index in [4.69, 9.17) is 5.73 Å². The van der Waals surface area contributed by atoms with Crippen molar-refractivity contribution in [1.82, 2.24) is 5.32 Å². The van der Waals surface area contributed by atoms with E-state index in [1.165, 1.54) is 16.3 Å². The molecule has 0 saturated heterocycles. The molecule has 0 bridgehead atoms. The summed E-state index contributed by atoms with van der Waals surface area (Å²) < 4.78 is 0. The highest BCUT2D eigenvalue weighted by atomic mass is 15.0. The molecule has 1 unspecified atom stereocenters. The van der Waals surface area contributed by atoms with E-state index in [2.05, 4.69) is 61.6 Å². The lowest BCUT2D eigenvalue weighted by molar-refractivity contribution is 0.350. The molecule has 2 aromatic carbocycles. The molecular formula is C15H20N2. The third-order valence-electron chi connectivity index (χ3n) is 3.58. The molecule has 0 spiro atoms. The highest BCUT2D eigenvalue weighted by molar-refractivity contribution is 5.86. The summed E-state index contributed by atoms with van der Waals surface area (Å²) in [5.41, 5.74) is 7.46. The molecule has 0 aliphatic carbocycles. The van der Waals surface area contributed by atoms with Gasteiger partial charge in [-0.25, -0.2) is 0 Å². The first-order chi connectivity index (χ1) is 8.06. The van der Waals surface area contributed by atoms with E-state index in [-0.39, 0.29) is 11.6 Å². The maximum atomic E-state index is 6.39. The molecular weight excluding hydrogens is 208 g/mol. The molecule has 90 valence electrons. The van der Waals surface area contributed by atoms with Crippen molar-refractivity contribution in [2.45, 2.75) is 25.4 Å². The van der Waals surface area contributed by atoms with Crippen molar-refractivity contribution in [2.75, 3.05) is 7.05 Å². The minimum atomic E-state index is -0.121. The first-order valence-corrected chi connectivity index (χ1v) is 5.98. The van der Waals surface area contributed by atoms with Gasteiger partial charge in [0.2, 0.25) is 0 Å². The van der Waals surface area contributed by atoms with Gasteiger partial charge < -0.3 is 11.1 Å². The summed E-state index contributed by atoms with van der Waals surface area (Å²) in [6.45, 7) is 4.25. The van der Waals surface area contributed by atoms with Crippen LogP contribution in [0, 0.1) is 0 Å². The van der Waals surface area contributed by atoms with Gasteiger partial charge in [0, 0.05) is 11.6 Å². The molecule has 2 rings (SSSR count). The zero-order chi connectivity index (χ0) is 12.5. The summed E-state index contributed by atoms with van der Waals surface area (Å²) in [6, 6.07) is 14.7. The Kier molecular flexibility index (Phi) is 3.18. The van der Waals surface area contributed by atoms with Gasteiger partial charge in [-0.1, -0.05) is 42.5 Å². The smallest absolute Gasteiger partial charge is 0.0480 e. The topological polar surface area (TPSA) is 38.0 Å². The van der Waals surface area contributed by atoms with Crippen LogP contribution in [0.2, 0.25) is 0 Å². The molecule has 2 heteroatoms. The van der Waals surface area contributed by atoms with Gasteiger partial charge in [0.1, 0.15) is 0 Å². The number of benzene rings is 2. The zero-order valence-electron chi connectivity index (χ0n) is 10.7. The third-order valence-corrected chi connectivity index (χ3v) is 3.58. The van der Waals surface area contributed by atoms with Gasteiger partial charge >= 0.3 is 0 Å². The number of likely N-dealkylation sites (N-methyl/N-ethyl adjacent to an activating group) is 1. The van der Waals surface area contributed by atoms with Gasteiger partial charge in [-0.05, 0) is 37.2 Å². The van der Waals surface area contributed by atoms with Crippen LogP contribution < -0.4 is 11.1 Å². The molecule has 0 heterocycles. The minimum Gasteiger partial charge on any atom is -0.322 e. The third kappa shape index (κ3) is 2.19. The summed E-state index contributed by atoms with van der Waals surface area (Å²) in [5, 5.41) is 5.76. The van der Waals surface area contributed by atoms with Gasteiger partial charge in [0.15, 0.2) is 0 Å². The number of hydrogen-bond acceptors (Lipinski definition) is 2. The molecule has 0 saturated carbocycles. The van der Waals surface area contributed by atoms with Crippen molar-refractivity contribution in [3.63, 3.8) is 0 Å². The molecule has 0 aromatic heterocycles. The molecule has 3 N–H and O–H groups in total. The van der Waals surface area contributed by atoms with Gasteiger partial charge in [-0.15, -0.1) is 0 Å². The number of nitrogens with one attached hydrogen (secondary N) is 1. The average molecular weight is 228 g/mol. The fourth-order valence-corrected chi connectivity index (χ4v) is 2.07. The molecule has 0 radical (unpaired) electrons. The SMILES string of the molecule is CNC(C)(C)C(N)c1cccc2ccccc12. The van der Waals surface area contributed by atoms with Crippen molar-refractivity contribution < 1.29 is 0 Å². The number of hydrogen-bond donors (Lipinski definition) is 2. The number of fused-ring (bicyclic) bond motifs is 1.